The SMILES string of the molecule is N#Cc1nc(-n2c3ccccc3c3cc4c5ccccc5n5c6c7ccccc7ccc6c(c32)c45)c2ccccc2n1. The lowest BCUT2D eigenvalue weighted by Gasteiger charge is -2.11. The van der Waals surface area contributed by atoms with Crippen molar-refractivity contribution in [1.82, 2.24) is 18.9 Å². The molecule has 10 rings (SSSR count). The Labute approximate surface area is 238 Å². The molecule has 4 heterocycles. The van der Waals surface area contributed by atoms with Crippen LogP contribution in [0.5, 0.6) is 0 Å². The lowest BCUT2D eigenvalue weighted by atomic mass is 10.0. The molecule has 0 fully saturated rings. The number of para-hydroxylation sites is 3. The summed E-state index contributed by atoms with van der Waals surface area (Å²) in [6.07, 6.45) is 0. The Morgan fingerprint density at radius 1 is 0.524 bits per heavy atom. The first-order chi connectivity index (χ1) is 20.8. The molecule has 0 aliphatic heterocycles. The average molecular weight is 534 g/mol. The molecule has 42 heavy (non-hydrogen) atoms. The Morgan fingerprint density at radius 3 is 2.02 bits per heavy atom. The second kappa shape index (κ2) is 7.60. The normalized spacial score (nSPS) is 12.3. The molecular formula is C37H19N5. The van der Waals surface area contributed by atoms with E-state index in [1.165, 1.54) is 54.3 Å². The summed E-state index contributed by atoms with van der Waals surface area (Å²) in [6.45, 7) is 0. The molecule has 0 bridgehead atoms. The van der Waals surface area contributed by atoms with Gasteiger partial charge in [0.15, 0.2) is 0 Å². The van der Waals surface area contributed by atoms with E-state index < -0.39 is 0 Å². The highest BCUT2D eigenvalue weighted by atomic mass is 15.1. The molecular weight excluding hydrogens is 514 g/mol. The van der Waals surface area contributed by atoms with Gasteiger partial charge in [0.05, 0.1) is 33.1 Å². The maximum atomic E-state index is 9.92. The third-order valence-electron chi connectivity index (χ3n) is 8.88. The quantitative estimate of drug-likeness (QED) is 0.212. The molecule has 5 heteroatoms. The lowest BCUT2D eigenvalue weighted by molar-refractivity contribution is 1.05. The van der Waals surface area contributed by atoms with E-state index in [9.17, 15) is 5.26 Å². The van der Waals surface area contributed by atoms with Crippen molar-refractivity contribution in [2.45, 2.75) is 0 Å². The van der Waals surface area contributed by atoms with Crippen molar-refractivity contribution < 1.29 is 0 Å². The molecule has 6 aromatic carbocycles. The smallest absolute Gasteiger partial charge is 0.234 e. The Kier molecular flexibility index (Phi) is 3.94. The zero-order valence-corrected chi connectivity index (χ0v) is 22.2. The average Bonchev–Trinajstić information content (AvgIpc) is 3.68. The lowest BCUT2D eigenvalue weighted by Crippen LogP contribution is -2.03. The number of nitriles is 1. The number of benzene rings is 6. The second-order valence-corrected chi connectivity index (χ2v) is 10.9. The first kappa shape index (κ1) is 21.8. The van der Waals surface area contributed by atoms with Gasteiger partial charge in [-0.15, -0.1) is 0 Å². The molecule has 0 amide bonds. The van der Waals surface area contributed by atoms with Crippen LogP contribution in [0, 0.1) is 11.3 Å². The molecule has 0 saturated carbocycles. The fraction of sp³-hybridized carbons (Fsp3) is 0. The number of nitrogens with zero attached hydrogens (tertiary/aromatic N) is 5. The summed E-state index contributed by atoms with van der Waals surface area (Å²) < 4.78 is 4.72. The van der Waals surface area contributed by atoms with E-state index in [1.807, 2.05) is 24.3 Å². The molecule has 0 unspecified atom stereocenters. The van der Waals surface area contributed by atoms with Gasteiger partial charge in [-0.05, 0) is 35.7 Å². The van der Waals surface area contributed by atoms with Crippen LogP contribution < -0.4 is 0 Å². The van der Waals surface area contributed by atoms with Crippen LogP contribution in [0.1, 0.15) is 5.82 Å². The Balaban J connectivity index is 1.57. The largest absolute Gasteiger partial charge is 0.307 e. The van der Waals surface area contributed by atoms with Gasteiger partial charge in [0.2, 0.25) is 5.82 Å². The Hall–Kier alpha value is -5.99. The minimum Gasteiger partial charge on any atom is -0.307 e. The van der Waals surface area contributed by atoms with E-state index in [4.69, 9.17) is 4.98 Å². The molecule has 0 N–H and O–H groups in total. The van der Waals surface area contributed by atoms with Gasteiger partial charge in [0.1, 0.15) is 11.9 Å². The molecule has 192 valence electrons. The fourth-order valence-electron chi connectivity index (χ4n) is 7.26. The maximum absolute atomic E-state index is 9.92. The fourth-order valence-corrected chi connectivity index (χ4v) is 7.26. The Morgan fingerprint density at radius 2 is 1.19 bits per heavy atom. The first-order valence-corrected chi connectivity index (χ1v) is 14.0. The van der Waals surface area contributed by atoms with Crippen LogP contribution >= 0.6 is 0 Å². The summed E-state index contributed by atoms with van der Waals surface area (Å²) in [6, 6.07) is 42.9. The van der Waals surface area contributed by atoms with E-state index >= 15 is 0 Å². The number of hydrogen-bond donors (Lipinski definition) is 0. The zero-order chi connectivity index (χ0) is 27.5. The van der Waals surface area contributed by atoms with E-state index in [-0.39, 0.29) is 5.82 Å². The highest BCUT2D eigenvalue weighted by Gasteiger charge is 2.26. The summed E-state index contributed by atoms with van der Waals surface area (Å²) >= 11 is 0. The van der Waals surface area contributed by atoms with Gasteiger partial charge in [-0.1, -0.05) is 84.9 Å². The van der Waals surface area contributed by atoms with Crippen molar-refractivity contribution in [3.63, 3.8) is 0 Å². The highest BCUT2D eigenvalue weighted by Crippen LogP contribution is 2.47. The van der Waals surface area contributed by atoms with Crippen molar-refractivity contribution in [3.05, 3.63) is 121 Å². The molecule has 0 radical (unpaired) electrons. The maximum Gasteiger partial charge on any atom is 0.234 e. The molecule has 0 saturated heterocycles. The molecule has 5 nitrogen and oxygen atoms in total. The van der Waals surface area contributed by atoms with Gasteiger partial charge in [-0.3, -0.25) is 4.57 Å². The highest BCUT2D eigenvalue weighted by molar-refractivity contribution is 6.36. The van der Waals surface area contributed by atoms with E-state index in [0.717, 1.165) is 33.1 Å². The summed E-state index contributed by atoms with van der Waals surface area (Å²) in [7, 11) is 0. The van der Waals surface area contributed by atoms with Crippen LogP contribution in [0.2, 0.25) is 0 Å². The van der Waals surface area contributed by atoms with Crippen LogP contribution in [0.15, 0.2) is 115 Å². The van der Waals surface area contributed by atoms with Crippen LogP contribution in [0.25, 0.3) is 87.4 Å². The zero-order valence-electron chi connectivity index (χ0n) is 22.2. The van der Waals surface area contributed by atoms with Crippen molar-refractivity contribution >= 4 is 81.6 Å². The van der Waals surface area contributed by atoms with Gasteiger partial charge >= 0.3 is 0 Å². The molecule has 0 aliphatic carbocycles. The summed E-state index contributed by atoms with van der Waals surface area (Å²) in [5, 5.41) is 20.5. The van der Waals surface area contributed by atoms with Crippen LogP contribution in [0.3, 0.4) is 0 Å². The summed E-state index contributed by atoms with van der Waals surface area (Å²) in [5.74, 6) is 0.878. The molecule has 4 aromatic heterocycles. The summed E-state index contributed by atoms with van der Waals surface area (Å²) in [5.41, 5.74) is 6.51. The monoisotopic (exact) mass is 533 g/mol. The van der Waals surface area contributed by atoms with E-state index in [1.54, 1.807) is 0 Å². The van der Waals surface area contributed by atoms with Crippen molar-refractivity contribution in [3.8, 4) is 11.9 Å². The molecule has 10 aromatic rings. The van der Waals surface area contributed by atoms with Gasteiger partial charge < -0.3 is 4.40 Å². The number of hydrogen-bond acceptors (Lipinski definition) is 3. The molecule has 0 atom stereocenters. The van der Waals surface area contributed by atoms with Crippen molar-refractivity contribution in [2.75, 3.05) is 0 Å². The van der Waals surface area contributed by atoms with Gasteiger partial charge in [0, 0.05) is 43.1 Å². The standard InChI is InChI=1S/C37H19N5/c38-20-32-39-29-14-6-3-13-25(29)37(40-32)42-31-16-8-5-12-24(31)28-19-27-23-11-4-7-15-30(23)41-34-22-10-2-1-9-21(22)17-18-26(34)33(35(27)41)36(28)42/h1-19H. The van der Waals surface area contributed by atoms with Crippen LogP contribution in [-0.2, 0) is 0 Å². The number of rotatable bonds is 1. The van der Waals surface area contributed by atoms with E-state index in [0.29, 0.717) is 0 Å². The first-order valence-electron chi connectivity index (χ1n) is 14.0. The predicted octanol–water partition coefficient (Wildman–Crippen LogP) is 8.90. The van der Waals surface area contributed by atoms with Crippen LogP contribution in [-0.4, -0.2) is 18.9 Å². The van der Waals surface area contributed by atoms with Crippen LogP contribution in [0.4, 0.5) is 0 Å². The number of fused-ring (bicyclic) bond motifs is 13. The van der Waals surface area contributed by atoms with Gasteiger partial charge in [0.25, 0.3) is 0 Å². The Bertz CT molecular complexity index is 2810. The van der Waals surface area contributed by atoms with Gasteiger partial charge in [-0.25, -0.2) is 9.97 Å². The predicted molar refractivity (Wildman–Crippen MR) is 171 cm³/mol. The second-order valence-electron chi connectivity index (χ2n) is 10.9. The number of aromatic nitrogens is 4. The van der Waals surface area contributed by atoms with Crippen molar-refractivity contribution in [1.29, 1.82) is 5.26 Å². The third-order valence-corrected chi connectivity index (χ3v) is 8.88. The summed E-state index contributed by atoms with van der Waals surface area (Å²) in [4.78, 5) is 9.40. The van der Waals surface area contributed by atoms with Crippen molar-refractivity contribution in [2.24, 2.45) is 0 Å². The minimum absolute atomic E-state index is 0.160. The minimum atomic E-state index is 0.160. The topological polar surface area (TPSA) is 58.9 Å². The third kappa shape index (κ3) is 2.53. The van der Waals surface area contributed by atoms with E-state index in [2.05, 4.69) is 111 Å². The molecule has 0 spiro atoms. The molecule has 0 aliphatic rings. The van der Waals surface area contributed by atoms with Gasteiger partial charge in [-0.2, -0.15) is 5.26 Å².